The monoisotopic (exact) mass is 244 g/mol. The lowest BCUT2D eigenvalue weighted by Gasteiger charge is -2.05. The normalized spacial score (nSPS) is 10.1. The van der Waals surface area contributed by atoms with Crippen molar-refractivity contribution in [1.29, 1.82) is 0 Å². The second kappa shape index (κ2) is 5.27. The number of esters is 1. The first kappa shape index (κ1) is 12.0. The summed E-state index contributed by atoms with van der Waals surface area (Å²) >= 11 is 0. The van der Waals surface area contributed by atoms with Gasteiger partial charge in [-0.15, -0.1) is 0 Å². The third-order valence-corrected chi connectivity index (χ3v) is 2.33. The third kappa shape index (κ3) is 2.45. The number of pyridine rings is 2. The second-order valence-corrected chi connectivity index (χ2v) is 3.53. The van der Waals surface area contributed by atoms with E-state index in [4.69, 9.17) is 4.74 Å². The zero-order valence-electron chi connectivity index (χ0n) is 9.87. The molecule has 0 aliphatic rings. The first-order valence-electron chi connectivity index (χ1n) is 5.53. The van der Waals surface area contributed by atoms with E-state index >= 15 is 0 Å². The Bertz CT molecular complexity index is 602. The van der Waals surface area contributed by atoms with E-state index in [9.17, 15) is 9.59 Å². The Balaban J connectivity index is 2.31. The van der Waals surface area contributed by atoms with E-state index in [1.165, 1.54) is 16.8 Å². The lowest BCUT2D eigenvalue weighted by molar-refractivity contribution is 0.0526. The van der Waals surface area contributed by atoms with E-state index in [1.807, 2.05) is 0 Å². The summed E-state index contributed by atoms with van der Waals surface area (Å²) < 4.78 is 6.25. The smallest absolute Gasteiger partial charge is 0.339 e. The number of carbonyl (C=O) groups excluding carboxylic acids is 1. The largest absolute Gasteiger partial charge is 0.462 e. The fraction of sp³-hybridized carbons (Fsp3) is 0.154. The van der Waals surface area contributed by atoms with Crippen molar-refractivity contribution in [1.82, 2.24) is 9.55 Å². The molecule has 0 unspecified atom stereocenters. The molecule has 0 radical (unpaired) electrons. The van der Waals surface area contributed by atoms with Gasteiger partial charge in [-0.2, -0.15) is 0 Å². The fourth-order valence-electron chi connectivity index (χ4n) is 1.48. The Hall–Kier alpha value is -2.43. The highest BCUT2D eigenvalue weighted by molar-refractivity contribution is 5.89. The van der Waals surface area contributed by atoms with Gasteiger partial charge in [0.05, 0.1) is 12.2 Å². The van der Waals surface area contributed by atoms with Gasteiger partial charge in [0.15, 0.2) is 0 Å². The summed E-state index contributed by atoms with van der Waals surface area (Å²) in [4.78, 5) is 27.1. The van der Waals surface area contributed by atoms with Gasteiger partial charge in [-0.1, -0.05) is 6.07 Å². The van der Waals surface area contributed by atoms with E-state index in [-0.39, 0.29) is 5.56 Å². The Morgan fingerprint density at radius 1 is 1.33 bits per heavy atom. The Kier molecular flexibility index (Phi) is 3.52. The molecule has 0 aromatic carbocycles. The lowest BCUT2D eigenvalue weighted by atomic mass is 10.3. The van der Waals surface area contributed by atoms with Crippen LogP contribution in [-0.2, 0) is 4.74 Å². The van der Waals surface area contributed by atoms with E-state index < -0.39 is 5.97 Å². The molecule has 0 atom stereocenters. The Labute approximate surface area is 104 Å². The zero-order chi connectivity index (χ0) is 13.0. The molecule has 18 heavy (non-hydrogen) atoms. The van der Waals surface area contributed by atoms with E-state index in [0.717, 1.165) is 0 Å². The molecule has 0 aliphatic heterocycles. The number of ether oxygens (including phenoxy) is 1. The van der Waals surface area contributed by atoms with Crippen LogP contribution in [0.5, 0.6) is 0 Å². The Morgan fingerprint density at radius 3 is 2.78 bits per heavy atom. The zero-order valence-corrected chi connectivity index (χ0v) is 9.87. The van der Waals surface area contributed by atoms with Crippen molar-refractivity contribution in [2.45, 2.75) is 6.92 Å². The summed E-state index contributed by atoms with van der Waals surface area (Å²) in [6, 6.07) is 8.03. The molecule has 0 spiro atoms. The number of rotatable bonds is 3. The van der Waals surface area contributed by atoms with Gasteiger partial charge in [-0.05, 0) is 25.1 Å². The molecule has 0 saturated carbocycles. The lowest BCUT2D eigenvalue weighted by Crippen LogP contribution is -2.17. The van der Waals surface area contributed by atoms with Crippen LogP contribution in [0.15, 0.2) is 47.5 Å². The van der Waals surface area contributed by atoms with Gasteiger partial charge in [0, 0.05) is 18.5 Å². The molecule has 0 N–H and O–H groups in total. The minimum atomic E-state index is -0.419. The molecule has 0 bridgehead atoms. The minimum Gasteiger partial charge on any atom is -0.462 e. The number of hydrogen-bond acceptors (Lipinski definition) is 4. The van der Waals surface area contributed by atoms with Crippen molar-refractivity contribution in [3.63, 3.8) is 0 Å². The molecule has 0 fully saturated rings. The summed E-state index contributed by atoms with van der Waals surface area (Å²) in [5.41, 5.74) is 0.193. The average Bonchev–Trinajstić information content (AvgIpc) is 2.40. The van der Waals surface area contributed by atoms with Crippen molar-refractivity contribution >= 4 is 5.97 Å². The maximum atomic E-state index is 11.6. The molecule has 92 valence electrons. The van der Waals surface area contributed by atoms with Crippen LogP contribution in [-0.4, -0.2) is 22.1 Å². The molecular formula is C13H12N2O3. The molecule has 2 heterocycles. The van der Waals surface area contributed by atoms with Crippen LogP contribution in [0.1, 0.15) is 17.3 Å². The van der Waals surface area contributed by atoms with Crippen LogP contribution in [0.2, 0.25) is 0 Å². The van der Waals surface area contributed by atoms with Gasteiger partial charge in [0.25, 0.3) is 5.56 Å². The van der Waals surface area contributed by atoms with Gasteiger partial charge >= 0.3 is 5.97 Å². The van der Waals surface area contributed by atoms with Crippen molar-refractivity contribution < 1.29 is 9.53 Å². The summed E-state index contributed by atoms with van der Waals surface area (Å²) in [6.07, 6.45) is 3.02. The third-order valence-electron chi connectivity index (χ3n) is 2.33. The van der Waals surface area contributed by atoms with E-state index in [0.29, 0.717) is 18.0 Å². The highest BCUT2D eigenvalue weighted by Gasteiger charge is 2.07. The Morgan fingerprint density at radius 2 is 2.17 bits per heavy atom. The second-order valence-electron chi connectivity index (χ2n) is 3.53. The standard InChI is InChI=1S/C13H12N2O3/c1-2-18-13(17)10-6-7-11(14-9-10)15-8-4-3-5-12(15)16/h3-9H,2H2,1H3. The first-order chi connectivity index (χ1) is 8.72. The van der Waals surface area contributed by atoms with Gasteiger partial charge < -0.3 is 4.74 Å². The highest BCUT2D eigenvalue weighted by atomic mass is 16.5. The minimum absolute atomic E-state index is 0.172. The van der Waals surface area contributed by atoms with Gasteiger partial charge in [0.1, 0.15) is 5.82 Å². The fourth-order valence-corrected chi connectivity index (χ4v) is 1.48. The number of aromatic nitrogens is 2. The van der Waals surface area contributed by atoms with Crippen molar-refractivity contribution in [2.24, 2.45) is 0 Å². The number of nitrogens with zero attached hydrogens (tertiary/aromatic N) is 2. The first-order valence-corrected chi connectivity index (χ1v) is 5.53. The highest BCUT2D eigenvalue weighted by Crippen LogP contribution is 2.05. The predicted molar refractivity (Wildman–Crippen MR) is 65.8 cm³/mol. The summed E-state index contributed by atoms with van der Waals surface area (Å²) in [5, 5.41) is 0. The van der Waals surface area contributed by atoms with Gasteiger partial charge in [0.2, 0.25) is 0 Å². The van der Waals surface area contributed by atoms with Crippen LogP contribution in [0.4, 0.5) is 0 Å². The van der Waals surface area contributed by atoms with Crippen LogP contribution < -0.4 is 5.56 Å². The molecule has 5 heteroatoms. The maximum Gasteiger partial charge on any atom is 0.339 e. The van der Waals surface area contributed by atoms with E-state index in [1.54, 1.807) is 37.4 Å². The van der Waals surface area contributed by atoms with Crippen LogP contribution in [0.3, 0.4) is 0 Å². The SMILES string of the molecule is CCOC(=O)c1ccc(-n2ccccc2=O)nc1. The van der Waals surface area contributed by atoms with Crippen molar-refractivity contribution in [3.05, 3.63) is 58.6 Å². The van der Waals surface area contributed by atoms with Crippen molar-refractivity contribution in [3.8, 4) is 5.82 Å². The number of hydrogen-bond donors (Lipinski definition) is 0. The van der Waals surface area contributed by atoms with Crippen LogP contribution in [0, 0.1) is 0 Å². The molecule has 5 nitrogen and oxygen atoms in total. The summed E-state index contributed by atoms with van der Waals surface area (Å²) in [7, 11) is 0. The molecule has 2 rings (SSSR count). The average molecular weight is 244 g/mol. The molecule has 0 aliphatic carbocycles. The van der Waals surface area contributed by atoms with Gasteiger partial charge in [-0.25, -0.2) is 9.78 Å². The van der Waals surface area contributed by atoms with Crippen molar-refractivity contribution in [2.75, 3.05) is 6.61 Å². The summed E-state index contributed by atoms with van der Waals surface area (Å²) in [5.74, 6) is 0.0469. The number of carbonyl (C=O) groups is 1. The molecule has 2 aromatic rings. The summed E-state index contributed by atoms with van der Waals surface area (Å²) in [6.45, 7) is 2.06. The van der Waals surface area contributed by atoms with E-state index in [2.05, 4.69) is 4.98 Å². The quantitative estimate of drug-likeness (QED) is 0.766. The molecular weight excluding hydrogens is 232 g/mol. The van der Waals surface area contributed by atoms with Gasteiger partial charge in [-0.3, -0.25) is 9.36 Å². The van der Waals surface area contributed by atoms with Crippen LogP contribution >= 0.6 is 0 Å². The molecule has 0 saturated heterocycles. The molecule has 2 aromatic heterocycles. The topological polar surface area (TPSA) is 61.2 Å². The molecule has 0 amide bonds. The maximum absolute atomic E-state index is 11.6. The van der Waals surface area contributed by atoms with Crippen LogP contribution in [0.25, 0.3) is 5.82 Å². The predicted octanol–water partition coefficient (Wildman–Crippen LogP) is 1.41.